The number of hydrogen-bond donors (Lipinski definition) is 1. The lowest BCUT2D eigenvalue weighted by Crippen LogP contribution is -2.39. The molecule has 1 heteroatoms. The Morgan fingerprint density at radius 1 is 1.50 bits per heavy atom. The standard InChI is InChI=1S/C7H15N/c1-3-8-7-4-6(2)5-7/h6-8H,3-5H2,1-2H3. The van der Waals surface area contributed by atoms with Crippen molar-refractivity contribution < 1.29 is 0 Å². The van der Waals surface area contributed by atoms with Crippen LogP contribution >= 0.6 is 0 Å². The van der Waals surface area contributed by atoms with Crippen LogP contribution < -0.4 is 5.32 Å². The van der Waals surface area contributed by atoms with E-state index in [2.05, 4.69) is 19.2 Å². The number of hydrogen-bond acceptors (Lipinski definition) is 1. The molecule has 0 amide bonds. The average molecular weight is 113 g/mol. The Morgan fingerprint density at radius 2 is 2.12 bits per heavy atom. The predicted octanol–water partition coefficient (Wildman–Crippen LogP) is 1.39. The molecule has 1 aliphatic rings. The summed E-state index contributed by atoms with van der Waals surface area (Å²) in [7, 11) is 0. The van der Waals surface area contributed by atoms with Gasteiger partial charge in [-0.2, -0.15) is 0 Å². The summed E-state index contributed by atoms with van der Waals surface area (Å²) in [6, 6.07) is 0.856. The third-order valence-corrected chi connectivity index (χ3v) is 1.87. The third-order valence-electron chi connectivity index (χ3n) is 1.87. The maximum Gasteiger partial charge on any atom is 0.00720 e. The topological polar surface area (TPSA) is 12.0 Å². The van der Waals surface area contributed by atoms with Crippen molar-refractivity contribution >= 4 is 0 Å². The average Bonchev–Trinajstić information content (AvgIpc) is 1.64. The van der Waals surface area contributed by atoms with Crippen LogP contribution in [0.2, 0.25) is 0 Å². The van der Waals surface area contributed by atoms with Gasteiger partial charge in [0.2, 0.25) is 0 Å². The van der Waals surface area contributed by atoms with Crippen LogP contribution in [0.1, 0.15) is 26.7 Å². The zero-order valence-corrected chi connectivity index (χ0v) is 5.78. The van der Waals surface area contributed by atoms with Gasteiger partial charge >= 0.3 is 0 Å². The van der Waals surface area contributed by atoms with Gasteiger partial charge in [0.1, 0.15) is 0 Å². The maximum absolute atomic E-state index is 3.41. The quantitative estimate of drug-likeness (QED) is 0.570. The lowest BCUT2D eigenvalue weighted by molar-refractivity contribution is 0.245. The van der Waals surface area contributed by atoms with Gasteiger partial charge < -0.3 is 5.32 Å². The molecule has 0 aliphatic heterocycles. The summed E-state index contributed by atoms with van der Waals surface area (Å²) in [6.45, 7) is 5.62. The highest BCUT2D eigenvalue weighted by atomic mass is 14.9. The Labute approximate surface area is 51.5 Å². The molecule has 0 aromatic heterocycles. The molecule has 1 N–H and O–H groups in total. The van der Waals surface area contributed by atoms with Gasteiger partial charge in [-0.15, -0.1) is 0 Å². The largest absolute Gasteiger partial charge is 0.314 e. The third kappa shape index (κ3) is 1.22. The van der Waals surface area contributed by atoms with Crippen LogP contribution in [0.15, 0.2) is 0 Å². The van der Waals surface area contributed by atoms with E-state index in [1.165, 1.54) is 12.8 Å². The van der Waals surface area contributed by atoms with Gasteiger partial charge in [-0.3, -0.25) is 0 Å². The molecule has 1 aliphatic carbocycles. The monoisotopic (exact) mass is 113 g/mol. The Bertz CT molecular complexity index is 62.0. The molecule has 0 spiro atoms. The van der Waals surface area contributed by atoms with Gasteiger partial charge in [0.15, 0.2) is 0 Å². The van der Waals surface area contributed by atoms with Crippen LogP contribution in [0.4, 0.5) is 0 Å². The zero-order valence-electron chi connectivity index (χ0n) is 5.78. The number of rotatable bonds is 2. The molecule has 1 saturated carbocycles. The van der Waals surface area contributed by atoms with Gasteiger partial charge in [-0.1, -0.05) is 13.8 Å². The van der Waals surface area contributed by atoms with E-state index >= 15 is 0 Å². The molecule has 1 fully saturated rings. The maximum atomic E-state index is 3.41. The molecule has 0 bridgehead atoms. The summed E-state index contributed by atoms with van der Waals surface area (Å²) in [6.07, 6.45) is 2.79. The highest BCUT2D eigenvalue weighted by Crippen LogP contribution is 2.25. The first-order valence-corrected chi connectivity index (χ1v) is 3.56. The molecule has 0 heterocycles. The summed E-state index contributed by atoms with van der Waals surface area (Å²) in [5.41, 5.74) is 0. The zero-order chi connectivity index (χ0) is 5.98. The second-order valence-corrected chi connectivity index (χ2v) is 2.83. The minimum atomic E-state index is 0.856. The SMILES string of the molecule is CCNC1CC(C)C1. The predicted molar refractivity (Wildman–Crippen MR) is 35.9 cm³/mol. The van der Waals surface area contributed by atoms with Crippen molar-refractivity contribution in [1.29, 1.82) is 0 Å². The van der Waals surface area contributed by atoms with Gasteiger partial charge in [0, 0.05) is 6.04 Å². The van der Waals surface area contributed by atoms with Crippen molar-refractivity contribution in [3.8, 4) is 0 Å². The van der Waals surface area contributed by atoms with Crippen molar-refractivity contribution in [3.63, 3.8) is 0 Å². The number of nitrogens with one attached hydrogen (secondary N) is 1. The Kier molecular flexibility index (Phi) is 1.90. The van der Waals surface area contributed by atoms with E-state index < -0.39 is 0 Å². The summed E-state index contributed by atoms with van der Waals surface area (Å²) in [4.78, 5) is 0. The molecule has 0 atom stereocenters. The van der Waals surface area contributed by atoms with Crippen molar-refractivity contribution in [2.24, 2.45) is 5.92 Å². The van der Waals surface area contributed by atoms with Crippen LogP contribution in [-0.2, 0) is 0 Å². The van der Waals surface area contributed by atoms with E-state index in [0.717, 1.165) is 18.5 Å². The summed E-state index contributed by atoms with van der Waals surface area (Å²) in [5, 5.41) is 3.41. The van der Waals surface area contributed by atoms with Gasteiger partial charge in [0.25, 0.3) is 0 Å². The Morgan fingerprint density at radius 3 is 2.50 bits per heavy atom. The minimum absolute atomic E-state index is 0.856. The van der Waals surface area contributed by atoms with E-state index in [4.69, 9.17) is 0 Å². The van der Waals surface area contributed by atoms with Crippen LogP contribution in [0.5, 0.6) is 0 Å². The Balaban J connectivity index is 1.98. The second kappa shape index (κ2) is 2.49. The minimum Gasteiger partial charge on any atom is -0.314 e. The van der Waals surface area contributed by atoms with E-state index in [0.29, 0.717) is 0 Å². The summed E-state index contributed by atoms with van der Waals surface area (Å²) >= 11 is 0. The second-order valence-electron chi connectivity index (χ2n) is 2.83. The molecule has 0 radical (unpaired) electrons. The van der Waals surface area contributed by atoms with E-state index in [1.54, 1.807) is 0 Å². The van der Waals surface area contributed by atoms with Gasteiger partial charge in [0.05, 0.1) is 0 Å². The highest BCUT2D eigenvalue weighted by Gasteiger charge is 2.23. The van der Waals surface area contributed by atoms with E-state index in [1.807, 2.05) is 0 Å². The lowest BCUT2D eigenvalue weighted by Gasteiger charge is -2.33. The fraction of sp³-hybridized carbons (Fsp3) is 1.00. The van der Waals surface area contributed by atoms with Crippen LogP contribution in [0.3, 0.4) is 0 Å². The molecule has 0 saturated heterocycles. The van der Waals surface area contributed by atoms with Crippen molar-refractivity contribution in [1.82, 2.24) is 5.32 Å². The molecular weight excluding hydrogens is 98.1 g/mol. The molecule has 8 heavy (non-hydrogen) atoms. The molecule has 1 nitrogen and oxygen atoms in total. The lowest BCUT2D eigenvalue weighted by atomic mass is 9.82. The fourth-order valence-corrected chi connectivity index (χ4v) is 1.36. The van der Waals surface area contributed by atoms with Crippen molar-refractivity contribution in [2.45, 2.75) is 32.7 Å². The summed E-state index contributed by atoms with van der Waals surface area (Å²) < 4.78 is 0. The molecule has 1 rings (SSSR count). The van der Waals surface area contributed by atoms with E-state index in [-0.39, 0.29) is 0 Å². The first kappa shape index (κ1) is 6.09. The molecule has 48 valence electrons. The van der Waals surface area contributed by atoms with Crippen LogP contribution in [-0.4, -0.2) is 12.6 Å². The normalized spacial score (nSPS) is 36.8. The molecule has 0 aromatic carbocycles. The smallest absolute Gasteiger partial charge is 0.00720 e. The summed E-state index contributed by atoms with van der Waals surface area (Å²) in [5.74, 6) is 0.985. The van der Waals surface area contributed by atoms with Gasteiger partial charge in [-0.05, 0) is 25.3 Å². The molecule has 0 aromatic rings. The van der Waals surface area contributed by atoms with Crippen molar-refractivity contribution in [2.75, 3.05) is 6.54 Å². The first-order valence-electron chi connectivity index (χ1n) is 3.56. The Hall–Kier alpha value is -0.0400. The van der Waals surface area contributed by atoms with Gasteiger partial charge in [-0.25, -0.2) is 0 Å². The van der Waals surface area contributed by atoms with Crippen molar-refractivity contribution in [3.05, 3.63) is 0 Å². The first-order chi connectivity index (χ1) is 3.83. The van der Waals surface area contributed by atoms with Crippen LogP contribution in [0, 0.1) is 5.92 Å². The van der Waals surface area contributed by atoms with Crippen LogP contribution in [0.25, 0.3) is 0 Å². The fourth-order valence-electron chi connectivity index (χ4n) is 1.36. The molecular formula is C7H15N. The molecule has 0 unspecified atom stereocenters. The van der Waals surface area contributed by atoms with E-state index in [9.17, 15) is 0 Å². The highest BCUT2D eigenvalue weighted by molar-refractivity contribution is 4.81.